The average Bonchev–Trinajstić information content (AvgIpc) is 2.42. The van der Waals surface area contributed by atoms with Crippen molar-refractivity contribution in [2.45, 2.75) is 18.9 Å². The number of carbonyl (C=O) groups is 3. The summed E-state index contributed by atoms with van der Waals surface area (Å²) in [6.07, 6.45) is 5.68. The lowest BCUT2D eigenvalue weighted by atomic mass is 10.2. The van der Waals surface area contributed by atoms with Gasteiger partial charge in [0.1, 0.15) is 12.1 Å². The molecule has 1 N–H and O–H groups in total. The molecule has 1 aliphatic rings. The predicted molar refractivity (Wildman–Crippen MR) is 42.6 cm³/mol. The van der Waals surface area contributed by atoms with E-state index >= 15 is 0 Å². The van der Waals surface area contributed by atoms with E-state index in [2.05, 4.69) is 14.8 Å². The molecule has 6 heteroatoms. The summed E-state index contributed by atoms with van der Waals surface area (Å²) in [7, 11) is 0. The van der Waals surface area contributed by atoms with Crippen LogP contribution in [0.2, 0.25) is 0 Å². The van der Waals surface area contributed by atoms with Crippen LogP contribution in [0.25, 0.3) is 0 Å². The Morgan fingerprint density at radius 2 is 2.36 bits per heavy atom. The normalized spacial score (nSPS) is 19.5. The predicted octanol–water partition coefficient (Wildman–Crippen LogP) is -0.465. The monoisotopic (exact) mass is 197 g/mol. The summed E-state index contributed by atoms with van der Waals surface area (Å²) in [5.41, 5.74) is 0. The SMILES string of the molecule is C#COC(=O)CC[C@H]1NC(=O)OC1=O. The maximum atomic E-state index is 10.9. The van der Waals surface area contributed by atoms with Crippen LogP contribution in [0.4, 0.5) is 4.79 Å². The number of nitrogens with one attached hydrogen (secondary N) is 1. The Morgan fingerprint density at radius 3 is 2.86 bits per heavy atom. The van der Waals surface area contributed by atoms with Crippen LogP contribution in [0.5, 0.6) is 0 Å². The number of terminal acetylenes is 1. The van der Waals surface area contributed by atoms with Gasteiger partial charge in [-0.05, 0) is 6.42 Å². The van der Waals surface area contributed by atoms with Crippen LogP contribution in [0, 0.1) is 12.5 Å². The van der Waals surface area contributed by atoms with Crippen LogP contribution in [-0.4, -0.2) is 24.1 Å². The highest BCUT2D eigenvalue weighted by molar-refractivity contribution is 5.95. The second kappa shape index (κ2) is 4.28. The van der Waals surface area contributed by atoms with Crippen molar-refractivity contribution >= 4 is 18.0 Å². The molecule has 14 heavy (non-hydrogen) atoms. The molecule has 0 unspecified atom stereocenters. The summed E-state index contributed by atoms with van der Waals surface area (Å²) in [5.74, 6) is -1.31. The number of hydrogen-bond acceptors (Lipinski definition) is 5. The van der Waals surface area contributed by atoms with Gasteiger partial charge in [-0.15, -0.1) is 0 Å². The molecule has 0 aromatic carbocycles. The molecule has 6 nitrogen and oxygen atoms in total. The minimum atomic E-state index is -0.801. The first-order valence-electron chi connectivity index (χ1n) is 3.81. The van der Waals surface area contributed by atoms with E-state index in [1.165, 1.54) is 0 Å². The molecule has 0 spiro atoms. The number of amides is 1. The van der Waals surface area contributed by atoms with Gasteiger partial charge in [-0.2, -0.15) is 0 Å². The molecule has 0 aliphatic carbocycles. The maximum Gasteiger partial charge on any atom is 0.415 e. The van der Waals surface area contributed by atoms with E-state index in [1.54, 1.807) is 6.11 Å². The summed E-state index contributed by atoms with van der Waals surface area (Å²) < 4.78 is 8.37. The van der Waals surface area contributed by atoms with Crippen LogP contribution in [0.15, 0.2) is 0 Å². The van der Waals surface area contributed by atoms with Crippen molar-refractivity contribution in [3.05, 3.63) is 0 Å². The van der Waals surface area contributed by atoms with E-state index in [-0.39, 0.29) is 12.8 Å². The molecule has 1 aliphatic heterocycles. The van der Waals surface area contributed by atoms with Gasteiger partial charge in [0.15, 0.2) is 0 Å². The fourth-order valence-electron chi connectivity index (χ4n) is 0.962. The Bertz CT molecular complexity index is 316. The molecule has 0 aromatic heterocycles. The quantitative estimate of drug-likeness (QED) is 0.376. The van der Waals surface area contributed by atoms with Crippen molar-refractivity contribution < 1.29 is 23.9 Å². The van der Waals surface area contributed by atoms with Crippen molar-refractivity contribution in [1.82, 2.24) is 5.32 Å². The average molecular weight is 197 g/mol. The molecular formula is C8H7NO5. The first kappa shape index (κ1) is 10.1. The first-order valence-corrected chi connectivity index (χ1v) is 3.81. The van der Waals surface area contributed by atoms with Gasteiger partial charge in [0.05, 0.1) is 0 Å². The minimum absolute atomic E-state index is 0.0513. The second-order valence-electron chi connectivity index (χ2n) is 2.54. The zero-order valence-corrected chi connectivity index (χ0v) is 7.11. The molecule has 0 radical (unpaired) electrons. The van der Waals surface area contributed by atoms with Crippen LogP contribution in [0.3, 0.4) is 0 Å². The van der Waals surface area contributed by atoms with E-state index in [9.17, 15) is 14.4 Å². The Hall–Kier alpha value is -2.03. The molecule has 0 bridgehead atoms. The molecule has 1 rings (SSSR count). The van der Waals surface area contributed by atoms with Crippen LogP contribution < -0.4 is 5.32 Å². The number of esters is 2. The van der Waals surface area contributed by atoms with Gasteiger partial charge < -0.3 is 14.8 Å². The largest absolute Gasteiger partial charge is 0.415 e. The Kier molecular flexibility index (Phi) is 3.07. The Balaban J connectivity index is 2.32. The van der Waals surface area contributed by atoms with Crippen molar-refractivity contribution in [2.75, 3.05) is 0 Å². The molecule has 1 atom stereocenters. The summed E-state index contributed by atoms with van der Waals surface area (Å²) in [6, 6.07) is -0.784. The third kappa shape index (κ3) is 2.48. The number of cyclic esters (lactones) is 2. The highest BCUT2D eigenvalue weighted by atomic mass is 16.6. The number of carbonyl (C=O) groups excluding carboxylic acids is 3. The van der Waals surface area contributed by atoms with Gasteiger partial charge in [-0.1, -0.05) is 6.42 Å². The van der Waals surface area contributed by atoms with Crippen molar-refractivity contribution in [1.29, 1.82) is 0 Å². The van der Waals surface area contributed by atoms with E-state index in [1.807, 2.05) is 0 Å². The number of hydrogen-bond donors (Lipinski definition) is 1. The summed E-state index contributed by atoms with van der Waals surface area (Å²) in [4.78, 5) is 32.1. The lowest BCUT2D eigenvalue weighted by molar-refractivity contribution is -0.137. The summed E-state index contributed by atoms with van der Waals surface area (Å²) in [5, 5.41) is 2.23. The molecule has 1 amide bonds. The smallest absolute Gasteiger partial charge is 0.375 e. The molecule has 1 saturated heterocycles. The number of alkyl carbamates (subject to hydrolysis) is 1. The van der Waals surface area contributed by atoms with Crippen LogP contribution in [-0.2, 0) is 19.1 Å². The molecule has 1 fully saturated rings. The Morgan fingerprint density at radius 1 is 1.64 bits per heavy atom. The van der Waals surface area contributed by atoms with E-state index in [0.29, 0.717) is 0 Å². The molecule has 0 saturated carbocycles. The highest BCUT2D eigenvalue weighted by Crippen LogP contribution is 2.07. The van der Waals surface area contributed by atoms with Crippen LogP contribution in [0.1, 0.15) is 12.8 Å². The minimum Gasteiger partial charge on any atom is -0.375 e. The summed E-state index contributed by atoms with van der Waals surface area (Å²) >= 11 is 0. The van der Waals surface area contributed by atoms with E-state index in [0.717, 1.165) is 0 Å². The van der Waals surface area contributed by atoms with Crippen molar-refractivity contribution in [3.8, 4) is 12.5 Å². The third-order valence-electron chi connectivity index (χ3n) is 1.58. The topological polar surface area (TPSA) is 81.7 Å². The molecule has 74 valence electrons. The van der Waals surface area contributed by atoms with Gasteiger partial charge in [0, 0.05) is 6.42 Å². The summed E-state index contributed by atoms with van der Waals surface area (Å²) in [6.45, 7) is 0. The van der Waals surface area contributed by atoms with Gasteiger partial charge in [-0.25, -0.2) is 9.59 Å². The molecule has 1 heterocycles. The van der Waals surface area contributed by atoms with Gasteiger partial charge in [0.25, 0.3) is 0 Å². The maximum absolute atomic E-state index is 10.9. The Labute approximate surface area is 79.5 Å². The zero-order chi connectivity index (χ0) is 10.6. The molecular weight excluding hydrogens is 190 g/mol. The highest BCUT2D eigenvalue weighted by Gasteiger charge is 2.32. The fourth-order valence-corrected chi connectivity index (χ4v) is 0.962. The van der Waals surface area contributed by atoms with Crippen molar-refractivity contribution in [2.24, 2.45) is 0 Å². The van der Waals surface area contributed by atoms with E-state index < -0.39 is 24.1 Å². The zero-order valence-electron chi connectivity index (χ0n) is 7.11. The number of rotatable bonds is 3. The van der Waals surface area contributed by atoms with Gasteiger partial charge in [-0.3, -0.25) is 4.79 Å². The van der Waals surface area contributed by atoms with E-state index in [4.69, 9.17) is 6.42 Å². The second-order valence-corrected chi connectivity index (χ2v) is 2.54. The number of ether oxygens (including phenoxy) is 2. The standard InChI is InChI=1S/C8H7NO5/c1-2-13-6(10)4-3-5-7(11)14-8(12)9-5/h1,5H,3-4H2,(H,9,12)/t5-/m1/s1. The molecule has 0 aromatic rings. The first-order chi connectivity index (χ1) is 6.63. The lowest BCUT2D eigenvalue weighted by Gasteiger charge is -2.02. The van der Waals surface area contributed by atoms with Crippen molar-refractivity contribution in [3.63, 3.8) is 0 Å². The fraction of sp³-hybridized carbons (Fsp3) is 0.375. The third-order valence-corrected chi connectivity index (χ3v) is 1.58. The van der Waals surface area contributed by atoms with Gasteiger partial charge in [0.2, 0.25) is 0 Å². The van der Waals surface area contributed by atoms with Crippen LogP contribution >= 0.6 is 0 Å². The lowest BCUT2D eigenvalue weighted by Crippen LogP contribution is -2.29. The van der Waals surface area contributed by atoms with Gasteiger partial charge >= 0.3 is 18.0 Å².